The topological polar surface area (TPSA) is 61.0 Å². The van der Waals surface area contributed by atoms with Gasteiger partial charge in [0.05, 0.1) is 10.6 Å². The van der Waals surface area contributed by atoms with Crippen molar-refractivity contribution in [1.82, 2.24) is 9.97 Å². The minimum Gasteiger partial charge on any atom is -0.437 e. The first kappa shape index (κ1) is 13.6. The second-order valence-corrected chi connectivity index (χ2v) is 4.74. The summed E-state index contributed by atoms with van der Waals surface area (Å²) in [5, 5.41) is 0.555. The zero-order chi connectivity index (χ0) is 13.8. The van der Waals surface area contributed by atoms with Gasteiger partial charge in [-0.3, -0.25) is 0 Å². The average Bonchev–Trinajstić information content (AvgIpc) is 2.37. The summed E-state index contributed by atoms with van der Waals surface area (Å²) in [5.74, 6) is 1.50. The number of nitrogen functional groups attached to an aromatic ring is 1. The Kier molecular flexibility index (Phi) is 4.22. The highest BCUT2D eigenvalue weighted by molar-refractivity contribution is 6.32. The molecule has 0 fully saturated rings. The van der Waals surface area contributed by atoms with Gasteiger partial charge in [-0.25, -0.2) is 9.97 Å². The van der Waals surface area contributed by atoms with Gasteiger partial charge in [0, 0.05) is 0 Å². The zero-order valence-electron chi connectivity index (χ0n) is 11.0. The van der Waals surface area contributed by atoms with Crippen LogP contribution in [-0.4, -0.2) is 9.97 Å². The number of anilines is 1. The summed E-state index contributed by atoms with van der Waals surface area (Å²) in [4.78, 5) is 8.14. The fourth-order valence-electron chi connectivity index (χ4n) is 1.77. The van der Waals surface area contributed by atoms with Crippen LogP contribution in [0.3, 0.4) is 0 Å². The maximum atomic E-state index is 6.15. The SMILES string of the molecule is CCCc1c(N)ncnc1Oc1ccc(C)cc1Cl. The van der Waals surface area contributed by atoms with E-state index in [2.05, 4.69) is 16.9 Å². The van der Waals surface area contributed by atoms with Crippen LogP contribution >= 0.6 is 11.6 Å². The molecule has 100 valence electrons. The van der Waals surface area contributed by atoms with Crippen molar-refractivity contribution in [2.24, 2.45) is 0 Å². The maximum absolute atomic E-state index is 6.15. The van der Waals surface area contributed by atoms with Crippen LogP contribution in [0.15, 0.2) is 24.5 Å². The third kappa shape index (κ3) is 3.15. The monoisotopic (exact) mass is 277 g/mol. The van der Waals surface area contributed by atoms with E-state index in [1.54, 1.807) is 0 Å². The van der Waals surface area contributed by atoms with Crippen molar-refractivity contribution < 1.29 is 4.74 Å². The molecule has 0 atom stereocenters. The fraction of sp³-hybridized carbons (Fsp3) is 0.286. The number of nitrogens with two attached hydrogens (primary N) is 1. The van der Waals surface area contributed by atoms with Crippen molar-refractivity contribution >= 4 is 17.4 Å². The van der Waals surface area contributed by atoms with Crippen LogP contribution in [0.1, 0.15) is 24.5 Å². The van der Waals surface area contributed by atoms with Gasteiger partial charge in [0.25, 0.3) is 0 Å². The largest absolute Gasteiger partial charge is 0.437 e. The molecule has 0 aliphatic carbocycles. The van der Waals surface area contributed by atoms with Crippen molar-refractivity contribution in [2.45, 2.75) is 26.7 Å². The molecule has 0 spiro atoms. The van der Waals surface area contributed by atoms with Gasteiger partial charge in [-0.1, -0.05) is 31.0 Å². The van der Waals surface area contributed by atoms with Crippen LogP contribution < -0.4 is 10.5 Å². The average molecular weight is 278 g/mol. The lowest BCUT2D eigenvalue weighted by molar-refractivity contribution is 0.454. The third-order valence-corrected chi connectivity index (χ3v) is 3.03. The third-order valence-electron chi connectivity index (χ3n) is 2.73. The lowest BCUT2D eigenvalue weighted by Crippen LogP contribution is -2.02. The fourth-order valence-corrected chi connectivity index (χ4v) is 2.05. The van der Waals surface area contributed by atoms with Gasteiger partial charge in [0.1, 0.15) is 17.9 Å². The Morgan fingerprint density at radius 2 is 2.11 bits per heavy atom. The molecule has 0 radical (unpaired) electrons. The minimum atomic E-state index is 0.454. The summed E-state index contributed by atoms with van der Waals surface area (Å²) in [6.45, 7) is 4.04. The number of ether oxygens (including phenoxy) is 1. The van der Waals surface area contributed by atoms with Crippen LogP contribution in [-0.2, 0) is 6.42 Å². The summed E-state index contributed by atoms with van der Waals surface area (Å²) in [6.07, 6.45) is 3.10. The van der Waals surface area contributed by atoms with Crippen LogP contribution in [0.25, 0.3) is 0 Å². The number of nitrogens with zero attached hydrogens (tertiary/aromatic N) is 2. The highest BCUT2D eigenvalue weighted by Gasteiger charge is 2.12. The molecule has 0 bridgehead atoms. The number of rotatable bonds is 4. The highest BCUT2D eigenvalue weighted by atomic mass is 35.5. The van der Waals surface area contributed by atoms with Crippen molar-refractivity contribution in [1.29, 1.82) is 0 Å². The number of aryl methyl sites for hydroxylation is 1. The van der Waals surface area contributed by atoms with E-state index in [4.69, 9.17) is 22.1 Å². The van der Waals surface area contributed by atoms with Crippen LogP contribution in [0.5, 0.6) is 11.6 Å². The summed E-state index contributed by atoms with van der Waals surface area (Å²) >= 11 is 6.15. The Bertz CT molecular complexity index is 587. The summed E-state index contributed by atoms with van der Waals surface area (Å²) in [5.41, 5.74) is 7.76. The Balaban J connectivity index is 2.35. The Labute approximate surface area is 117 Å². The van der Waals surface area contributed by atoms with Crippen LogP contribution in [0.2, 0.25) is 5.02 Å². The smallest absolute Gasteiger partial charge is 0.227 e. The van der Waals surface area contributed by atoms with Crippen molar-refractivity contribution in [3.05, 3.63) is 40.7 Å². The Morgan fingerprint density at radius 1 is 1.32 bits per heavy atom. The lowest BCUT2D eigenvalue weighted by Gasteiger charge is -2.12. The molecule has 1 aromatic heterocycles. The minimum absolute atomic E-state index is 0.454. The van der Waals surface area contributed by atoms with E-state index in [9.17, 15) is 0 Å². The van der Waals surface area contributed by atoms with E-state index in [0.29, 0.717) is 22.5 Å². The molecule has 2 aromatic rings. The molecular formula is C14H16ClN3O. The molecule has 5 heteroatoms. The molecule has 0 aliphatic rings. The van der Waals surface area contributed by atoms with Crippen molar-refractivity contribution in [3.63, 3.8) is 0 Å². The van der Waals surface area contributed by atoms with Crippen molar-refractivity contribution in [3.8, 4) is 11.6 Å². The Morgan fingerprint density at radius 3 is 2.79 bits per heavy atom. The summed E-state index contributed by atoms with van der Waals surface area (Å²) < 4.78 is 5.77. The molecule has 0 aliphatic heterocycles. The quantitative estimate of drug-likeness (QED) is 0.924. The number of hydrogen-bond acceptors (Lipinski definition) is 4. The molecule has 0 saturated heterocycles. The van der Waals surface area contributed by atoms with E-state index in [1.165, 1.54) is 6.33 Å². The molecule has 0 amide bonds. The van der Waals surface area contributed by atoms with Gasteiger partial charge >= 0.3 is 0 Å². The molecule has 2 N–H and O–H groups in total. The lowest BCUT2D eigenvalue weighted by atomic mass is 10.2. The van der Waals surface area contributed by atoms with Gasteiger partial charge in [-0.2, -0.15) is 0 Å². The number of benzene rings is 1. The van der Waals surface area contributed by atoms with Crippen LogP contribution in [0, 0.1) is 6.92 Å². The second-order valence-electron chi connectivity index (χ2n) is 4.33. The van der Waals surface area contributed by atoms with Gasteiger partial charge in [0.2, 0.25) is 5.88 Å². The normalized spacial score (nSPS) is 10.5. The first-order valence-corrected chi connectivity index (χ1v) is 6.53. The molecule has 1 heterocycles. The molecule has 19 heavy (non-hydrogen) atoms. The summed E-state index contributed by atoms with van der Waals surface area (Å²) in [6, 6.07) is 5.61. The first-order chi connectivity index (χ1) is 9.11. The predicted molar refractivity (Wildman–Crippen MR) is 76.7 cm³/mol. The molecule has 4 nitrogen and oxygen atoms in total. The van der Waals surface area contributed by atoms with Gasteiger partial charge in [-0.05, 0) is 31.0 Å². The van der Waals surface area contributed by atoms with E-state index in [0.717, 1.165) is 24.0 Å². The highest BCUT2D eigenvalue weighted by Crippen LogP contribution is 2.32. The first-order valence-electron chi connectivity index (χ1n) is 6.15. The van der Waals surface area contributed by atoms with E-state index >= 15 is 0 Å². The predicted octanol–water partition coefficient (Wildman–Crippen LogP) is 3.77. The van der Waals surface area contributed by atoms with E-state index < -0.39 is 0 Å². The maximum Gasteiger partial charge on any atom is 0.227 e. The van der Waals surface area contributed by atoms with E-state index in [1.807, 2.05) is 25.1 Å². The van der Waals surface area contributed by atoms with Crippen molar-refractivity contribution in [2.75, 3.05) is 5.73 Å². The van der Waals surface area contributed by atoms with Gasteiger partial charge < -0.3 is 10.5 Å². The standard InChI is InChI=1S/C14H16ClN3O/c1-3-4-10-13(16)17-8-18-14(10)19-12-6-5-9(2)7-11(12)15/h5-8H,3-4H2,1-2H3,(H2,16,17,18). The van der Waals surface area contributed by atoms with Gasteiger partial charge in [-0.15, -0.1) is 0 Å². The number of halogens is 1. The zero-order valence-corrected chi connectivity index (χ0v) is 11.7. The number of aromatic nitrogens is 2. The molecule has 2 rings (SSSR count). The molecular weight excluding hydrogens is 262 g/mol. The van der Waals surface area contributed by atoms with Crippen LogP contribution in [0.4, 0.5) is 5.82 Å². The number of hydrogen-bond donors (Lipinski definition) is 1. The Hall–Kier alpha value is -1.81. The molecule has 1 aromatic carbocycles. The summed E-state index contributed by atoms with van der Waals surface area (Å²) in [7, 11) is 0. The van der Waals surface area contributed by atoms with E-state index in [-0.39, 0.29) is 0 Å². The molecule has 0 saturated carbocycles. The van der Waals surface area contributed by atoms with Gasteiger partial charge in [0.15, 0.2) is 0 Å². The molecule has 0 unspecified atom stereocenters. The second kappa shape index (κ2) is 5.89.